The molecule has 1 aromatic heterocycles. The summed E-state index contributed by atoms with van der Waals surface area (Å²) in [5.74, 6) is 0.272. The van der Waals surface area contributed by atoms with E-state index in [0.29, 0.717) is 16.6 Å². The van der Waals surface area contributed by atoms with Crippen LogP contribution in [0.25, 0.3) is 10.9 Å². The van der Waals surface area contributed by atoms with Crippen LogP contribution in [0.2, 0.25) is 0 Å². The first-order valence-electron chi connectivity index (χ1n) is 5.29. The van der Waals surface area contributed by atoms with Gasteiger partial charge in [-0.3, -0.25) is 0 Å². The highest BCUT2D eigenvalue weighted by atomic mass is 19.3. The molecule has 16 heavy (non-hydrogen) atoms. The maximum atomic E-state index is 13.0. The van der Waals surface area contributed by atoms with Crippen molar-refractivity contribution >= 4 is 10.9 Å². The van der Waals surface area contributed by atoms with Gasteiger partial charge in [0, 0.05) is 22.2 Å². The zero-order valence-electron chi connectivity index (χ0n) is 8.50. The molecule has 1 heterocycles. The fourth-order valence-corrected chi connectivity index (χ4v) is 2.15. The van der Waals surface area contributed by atoms with E-state index in [0.717, 1.165) is 12.8 Å². The maximum Gasteiger partial charge on any atom is 0.266 e. The van der Waals surface area contributed by atoms with Crippen molar-refractivity contribution in [1.29, 1.82) is 0 Å². The molecule has 84 valence electrons. The number of benzene rings is 1. The highest BCUT2D eigenvalue weighted by Crippen LogP contribution is 2.46. The lowest BCUT2D eigenvalue weighted by atomic mass is 10.1. The van der Waals surface area contributed by atoms with Gasteiger partial charge in [0.1, 0.15) is 5.75 Å². The van der Waals surface area contributed by atoms with E-state index in [1.807, 2.05) is 0 Å². The van der Waals surface area contributed by atoms with Crippen molar-refractivity contribution in [2.45, 2.75) is 25.2 Å². The smallest absolute Gasteiger partial charge is 0.266 e. The van der Waals surface area contributed by atoms with Gasteiger partial charge in [-0.05, 0) is 37.0 Å². The van der Waals surface area contributed by atoms with Gasteiger partial charge in [0.05, 0.1) is 0 Å². The first-order valence-corrected chi connectivity index (χ1v) is 5.29. The molecule has 1 fully saturated rings. The number of hydrogen-bond acceptors (Lipinski definition) is 1. The minimum Gasteiger partial charge on any atom is -0.508 e. The third-order valence-corrected chi connectivity index (χ3v) is 3.06. The van der Waals surface area contributed by atoms with Gasteiger partial charge in [-0.25, -0.2) is 8.78 Å². The molecule has 0 bridgehead atoms. The molecule has 0 saturated heterocycles. The Morgan fingerprint density at radius 3 is 2.69 bits per heavy atom. The monoisotopic (exact) mass is 223 g/mol. The predicted molar refractivity (Wildman–Crippen MR) is 56.9 cm³/mol. The lowest BCUT2D eigenvalue weighted by molar-refractivity contribution is 0.152. The predicted octanol–water partition coefficient (Wildman–Crippen LogP) is 3.69. The summed E-state index contributed by atoms with van der Waals surface area (Å²) >= 11 is 0. The minimum absolute atomic E-state index is 0.0238. The maximum absolute atomic E-state index is 13.0. The molecule has 0 aliphatic heterocycles. The lowest BCUT2D eigenvalue weighted by Gasteiger charge is -2.01. The number of alkyl halides is 2. The molecule has 3 rings (SSSR count). The van der Waals surface area contributed by atoms with E-state index in [2.05, 4.69) is 4.98 Å². The number of phenols is 1. The van der Waals surface area contributed by atoms with Crippen LogP contribution < -0.4 is 0 Å². The van der Waals surface area contributed by atoms with Gasteiger partial charge in [0.25, 0.3) is 6.43 Å². The Morgan fingerprint density at radius 1 is 1.31 bits per heavy atom. The average molecular weight is 223 g/mol. The first-order chi connectivity index (χ1) is 7.66. The van der Waals surface area contributed by atoms with Crippen LogP contribution >= 0.6 is 0 Å². The van der Waals surface area contributed by atoms with Crippen molar-refractivity contribution in [3.63, 3.8) is 0 Å². The van der Waals surface area contributed by atoms with Crippen LogP contribution in [0.3, 0.4) is 0 Å². The van der Waals surface area contributed by atoms with Gasteiger partial charge in [-0.1, -0.05) is 0 Å². The molecule has 1 saturated carbocycles. The molecule has 0 unspecified atom stereocenters. The Kier molecular flexibility index (Phi) is 1.93. The van der Waals surface area contributed by atoms with Crippen LogP contribution in [0.1, 0.15) is 36.4 Å². The van der Waals surface area contributed by atoms with Crippen molar-refractivity contribution in [3.8, 4) is 5.75 Å². The van der Waals surface area contributed by atoms with Gasteiger partial charge in [0.15, 0.2) is 0 Å². The standard InChI is InChI=1S/C12H11F2NO/c13-12(14)10-8-5-7(16)3-4-9(8)15-11(10)6-1-2-6/h3-6,12,15-16H,1-2H2. The zero-order chi connectivity index (χ0) is 11.3. The second-order valence-corrected chi connectivity index (χ2v) is 4.26. The number of aromatic hydroxyl groups is 1. The molecular formula is C12H11F2NO. The third kappa shape index (κ3) is 1.37. The van der Waals surface area contributed by atoms with Crippen molar-refractivity contribution in [3.05, 3.63) is 29.5 Å². The number of halogens is 2. The van der Waals surface area contributed by atoms with Crippen molar-refractivity contribution in [2.24, 2.45) is 0 Å². The van der Waals surface area contributed by atoms with Crippen LogP contribution in [-0.2, 0) is 0 Å². The molecule has 0 atom stereocenters. The molecular weight excluding hydrogens is 212 g/mol. The number of nitrogens with one attached hydrogen (secondary N) is 1. The number of rotatable bonds is 2. The second-order valence-electron chi connectivity index (χ2n) is 4.26. The second kappa shape index (κ2) is 3.20. The van der Waals surface area contributed by atoms with Crippen LogP contribution in [0, 0.1) is 0 Å². The van der Waals surface area contributed by atoms with Gasteiger partial charge < -0.3 is 10.1 Å². The van der Waals surface area contributed by atoms with Crippen LogP contribution in [0.5, 0.6) is 5.75 Å². The molecule has 2 aromatic rings. The minimum atomic E-state index is -2.49. The first kappa shape index (κ1) is 9.63. The Bertz CT molecular complexity index is 543. The quantitative estimate of drug-likeness (QED) is 0.800. The highest BCUT2D eigenvalue weighted by molar-refractivity contribution is 5.86. The van der Waals surface area contributed by atoms with E-state index in [1.54, 1.807) is 6.07 Å². The number of aromatic nitrogens is 1. The number of hydrogen-bond donors (Lipinski definition) is 2. The Balaban J connectivity index is 2.29. The van der Waals surface area contributed by atoms with E-state index in [1.165, 1.54) is 12.1 Å². The summed E-state index contributed by atoms with van der Waals surface area (Å²) < 4.78 is 26.0. The number of fused-ring (bicyclic) bond motifs is 1. The Hall–Kier alpha value is -1.58. The fourth-order valence-electron chi connectivity index (χ4n) is 2.15. The Labute approximate surface area is 90.9 Å². The third-order valence-electron chi connectivity index (χ3n) is 3.06. The topological polar surface area (TPSA) is 36.0 Å². The summed E-state index contributed by atoms with van der Waals surface area (Å²) in [6.45, 7) is 0. The van der Waals surface area contributed by atoms with Crippen molar-refractivity contribution in [2.75, 3.05) is 0 Å². The number of phenolic OH excluding ortho intramolecular Hbond substituents is 1. The van der Waals surface area contributed by atoms with Crippen LogP contribution in [0.4, 0.5) is 8.78 Å². The van der Waals surface area contributed by atoms with E-state index in [-0.39, 0.29) is 17.2 Å². The van der Waals surface area contributed by atoms with Crippen molar-refractivity contribution < 1.29 is 13.9 Å². The van der Waals surface area contributed by atoms with Gasteiger partial charge in [-0.15, -0.1) is 0 Å². The Morgan fingerprint density at radius 2 is 2.06 bits per heavy atom. The number of H-pyrrole nitrogens is 1. The van der Waals surface area contributed by atoms with Gasteiger partial charge >= 0.3 is 0 Å². The van der Waals surface area contributed by atoms with Crippen LogP contribution in [0.15, 0.2) is 18.2 Å². The van der Waals surface area contributed by atoms with Crippen molar-refractivity contribution in [1.82, 2.24) is 4.98 Å². The summed E-state index contributed by atoms with van der Waals surface area (Å²) in [4.78, 5) is 3.04. The molecule has 1 aliphatic carbocycles. The normalized spacial score (nSPS) is 16.2. The van der Waals surface area contributed by atoms with E-state index < -0.39 is 6.43 Å². The zero-order valence-corrected chi connectivity index (χ0v) is 8.50. The van der Waals surface area contributed by atoms with Crippen LogP contribution in [-0.4, -0.2) is 10.1 Å². The summed E-state index contributed by atoms with van der Waals surface area (Å²) in [5.41, 5.74) is 1.39. The summed E-state index contributed by atoms with van der Waals surface area (Å²) in [5, 5.41) is 9.78. The molecule has 2 N–H and O–H groups in total. The molecule has 4 heteroatoms. The average Bonchev–Trinajstić information content (AvgIpc) is 2.99. The fraction of sp³-hybridized carbons (Fsp3) is 0.333. The van der Waals surface area contributed by atoms with Gasteiger partial charge in [0.2, 0.25) is 0 Å². The highest BCUT2D eigenvalue weighted by Gasteiger charge is 2.31. The number of aromatic amines is 1. The summed E-state index contributed by atoms with van der Waals surface area (Å²) in [7, 11) is 0. The van der Waals surface area contributed by atoms with E-state index in [4.69, 9.17) is 0 Å². The lowest BCUT2D eigenvalue weighted by Crippen LogP contribution is -1.89. The van der Waals surface area contributed by atoms with E-state index in [9.17, 15) is 13.9 Å². The SMILES string of the molecule is Oc1ccc2[nH]c(C3CC3)c(C(F)F)c2c1. The molecule has 1 aliphatic rings. The largest absolute Gasteiger partial charge is 0.508 e. The van der Waals surface area contributed by atoms with Gasteiger partial charge in [-0.2, -0.15) is 0 Å². The molecule has 0 radical (unpaired) electrons. The molecule has 2 nitrogen and oxygen atoms in total. The van der Waals surface area contributed by atoms with E-state index >= 15 is 0 Å². The molecule has 1 aromatic carbocycles. The molecule has 0 amide bonds. The summed E-state index contributed by atoms with van der Waals surface area (Å²) in [6.07, 6.45) is -0.553. The molecule has 0 spiro atoms. The summed E-state index contributed by atoms with van der Waals surface area (Å²) in [6, 6.07) is 4.55.